The van der Waals surface area contributed by atoms with E-state index in [1.807, 2.05) is 37.1 Å². The molecule has 1 aromatic carbocycles. The first-order chi connectivity index (χ1) is 12.5. The highest BCUT2D eigenvalue weighted by Gasteiger charge is 2.37. The number of para-hydroxylation sites is 1. The van der Waals surface area contributed by atoms with E-state index in [1.54, 1.807) is 12.1 Å². The summed E-state index contributed by atoms with van der Waals surface area (Å²) in [4.78, 5) is 27.9. The second kappa shape index (κ2) is 6.57. The Labute approximate surface area is 152 Å². The summed E-state index contributed by atoms with van der Waals surface area (Å²) < 4.78 is 0. The van der Waals surface area contributed by atoms with E-state index in [9.17, 15) is 9.90 Å². The van der Waals surface area contributed by atoms with Crippen LogP contribution >= 0.6 is 0 Å². The number of aryl methyl sites for hydroxylation is 1. The number of aromatic nitrogens is 2. The summed E-state index contributed by atoms with van der Waals surface area (Å²) in [6.07, 6.45) is 0. The number of aromatic hydroxyl groups is 1. The minimum absolute atomic E-state index is 0.119. The molecule has 4 rings (SSSR count). The first kappa shape index (κ1) is 16.8. The van der Waals surface area contributed by atoms with E-state index in [1.165, 1.54) is 0 Å². The van der Waals surface area contributed by atoms with Gasteiger partial charge in [0, 0.05) is 51.5 Å². The van der Waals surface area contributed by atoms with Crippen LogP contribution in [-0.4, -0.2) is 76.6 Å². The Balaban J connectivity index is 1.64. The first-order valence-electron chi connectivity index (χ1n) is 8.91. The number of amides is 1. The van der Waals surface area contributed by atoms with Gasteiger partial charge in [-0.1, -0.05) is 12.1 Å². The number of nitrogens with zero attached hydrogens (tertiary/aromatic N) is 5. The molecular weight excluding hydrogens is 330 g/mol. The summed E-state index contributed by atoms with van der Waals surface area (Å²) in [5, 5.41) is 10.1. The molecule has 0 saturated carbocycles. The minimum atomic E-state index is -0.119. The van der Waals surface area contributed by atoms with E-state index in [0.29, 0.717) is 17.9 Å². The summed E-state index contributed by atoms with van der Waals surface area (Å²) in [6.45, 7) is 5.93. The molecule has 1 atom stereocenters. The number of hydrogen-bond acceptors (Lipinski definition) is 6. The van der Waals surface area contributed by atoms with Crippen molar-refractivity contribution < 1.29 is 9.90 Å². The number of likely N-dealkylation sites (N-methyl/N-ethyl adjacent to an activating group) is 1. The van der Waals surface area contributed by atoms with Crippen molar-refractivity contribution >= 4 is 11.7 Å². The fourth-order valence-corrected chi connectivity index (χ4v) is 3.67. The second-order valence-corrected chi connectivity index (χ2v) is 6.97. The average molecular weight is 353 g/mol. The largest absolute Gasteiger partial charge is 0.507 e. The molecule has 0 aliphatic carbocycles. The van der Waals surface area contributed by atoms with Crippen LogP contribution in [0, 0.1) is 6.92 Å². The predicted octanol–water partition coefficient (Wildman–Crippen LogP) is 1.12. The normalized spacial score (nSPS) is 21.0. The smallest absolute Gasteiger partial charge is 0.241 e. The van der Waals surface area contributed by atoms with Gasteiger partial charge in [-0.15, -0.1) is 0 Å². The van der Waals surface area contributed by atoms with Crippen LogP contribution in [0.2, 0.25) is 0 Å². The molecule has 136 valence electrons. The SMILES string of the molecule is Cc1cc(N2CCN3CCN(C)C(=O)C3C2)nc(-c2ccccc2O)n1. The van der Waals surface area contributed by atoms with Gasteiger partial charge in [0.2, 0.25) is 5.91 Å². The fraction of sp³-hybridized carbons (Fsp3) is 0.421. The molecule has 1 amide bonds. The number of rotatable bonds is 2. The number of piperazine rings is 2. The molecule has 1 N–H and O–H groups in total. The lowest BCUT2D eigenvalue weighted by Crippen LogP contribution is -2.64. The zero-order chi connectivity index (χ0) is 18.3. The average Bonchev–Trinajstić information content (AvgIpc) is 2.64. The van der Waals surface area contributed by atoms with Crippen molar-refractivity contribution in [1.82, 2.24) is 19.8 Å². The van der Waals surface area contributed by atoms with Gasteiger partial charge in [-0.05, 0) is 19.1 Å². The number of carbonyl (C=O) groups is 1. The summed E-state index contributed by atoms with van der Waals surface area (Å²) in [6, 6.07) is 8.90. The Hall–Kier alpha value is -2.67. The van der Waals surface area contributed by atoms with Gasteiger partial charge in [0.25, 0.3) is 0 Å². The maximum atomic E-state index is 12.5. The fourth-order valence-electron chi connectivity index (χ4n) is 3.67. The number of carbonyl (C=O) groups excluding carboxylic acids is 1. The molecular formula is C19H23N5O2. The summed E-state index contributed by atoms with van der Waals surface area (Å²) in [5.41, 5.74) is 1.45. The molecule has 0 radical (unpaired) electrons. The standard InChI is InChI=1S/C19H23N5O2/c1-13-11-17(21-18(20-13)14-5-3-4-6-16(14)25)24-10-9-23-8-7-22(2)19(26)15(23)12-24/h3-6,11,15,25H,7-10,12H2,1-2H3. The van der Waals surface area contributed by atoms with E-state index >= 15 is 0 Å². The predicted molar refractivity (Wildman–Crippen MR) is 99.1 cm³/mol. The highest BCUT2D eigenvalue weighted by molar-refractivity contribution is 5.83. The third kappa shape index (κ3) is 2.99. The van der Waals surface area contributed by atoms with E-state index in [-0.39, 0.29) is 17.7 Å². The molecule has 2 aliphatic rings. The van der Waals surface area contributed by atoms with Gasteiger partial charge in [0.15, 0.2) is 5.82 Å². The molecule has 2 fully saturated rings. The van der Waals surface area contributed by atoms with Gasteiger partial charge < -0.3 is 14.9 Å². The quantitative estimate of drug-likeness (QED) is 0.872. The van der Waals surface area contributed by atoms with Crippen molar-refractivity contribution in [1.29, 1.82) is 0 Å². The molecule has 7 heteroatoms. The first-order valence-corrected chi connectivity index (χ1v) is 8.91. The lowest BCUT2D eigenvalue weighted by molar-refractivity contribution is -0.140. The number of phenols is 1. The zero-order valence-corrected chi connectivity index (χ0v) is 15.1. The van der Waals surface area contributed by atoms with Crippen molar-refractivity contribution in [3.05, 3.63) is 36.0 Å². The number of hydrogen-bond donors (Lipinski definition) is 1. The number of fused-ring (bicyclic) bond motifs is 1. The topological polar surface area (TPSA) is 72.8 Å². The molecule has 0 spiro atoms. The third-order valence-electron chi connectivity index (χ3n) is 5.18. The van der Waals surface area contributed by atoms with Crippen LogP contribution < -0.4 is 4.90 Å². The van der Waals surface area contributed by atoms with Gasteiger partial charge in [0.05, 0.1) is 5.56 Å². The van der Waals surface area contributed by atoms with E-state index in [0.717, 1.165) is 37.7 Å². The van der Waals surface area contributed by atoms with Crippen molar-refractivity contribution in [2.75, 3.05) is 44.7 Å². The molecule has 2 saturated heterocycles. The lowest BCUT2D eigenvalue weighted by Gasteiger charge is -2.45. The maximum Gasteiger partial charge on any atom is 0.241 e. The minimum Gasteiger partial charge on any atom is -0.507 e. The molecule has 3 heterocycles. The van der Waals surface area contributed by atoms with Gasteiger partial charge in [-0.25, -0.2) is 9.97 Å². The van der Waals surface area contributed by atoms with E-state index in [2.05, 4.69) is 19.8 Å². The molecule has 0 bridgehead atoms. The summed E-state index contributed by atoms with van der Waals surface area (Å²) in [7, 11) is 1.86. The van der Waals surface area contributed by atoms with Crippen molar-refractivity contribution in [3.8, 4) is 17.1 Å². The Morgan fingerprint density at radius 1 is 1.12 bits per heavy atom. The molecule has 7 nitrogen and oxygen atoms in total. The van der Waals surface area contributed by atoms with Crippen molar-refractivity contribution in [2.24, 2.45) is 0 Å². The zero-order valence-electron chi connectivity index (χ0n) is 15.1. The van der Waals surface area contributed by atoms with E-state index < -0.39 is 0 Å². The van der Waals surface area contributed by atoms with Crippen LogP contribution in [0.4, 0.5) is 5.82 Å². The lowest BCUT2D eigenvalue weighted by atomic mass is 10.1. The Morgan fingerprint density at radius 2 is 1.88 bits per heavy atom. The molecule has 26 heavy (non-hydrogen) atoms. The van der Waals surface area contributed by atoms with Crippen molar-refractivity contribution in [3.63, 3.8) is 0 Å². The molecule has 2 aromatic rings. The highest BCUT2D eigenvalue weighted by atomic mass is 16.3. The summed E-state index contributed by atoms with van der Waals surface area (Å²) >= 11 is 0. The van der Waals surface area contributed by atoms with Gasteiger partial charge >= 0.3 is 0 Å². The third-order valence-corrected chi connectivity index (χ3v) is 5.18. The van der Waals surface area contributed by atoms with Gasteiger partial charge in [-0.2, -0.15) is 0 Å². The second-order valence-electron chi connectivity index (χ2n) is 6.97. The van der Waals surface area contributed by atoms with Crippen LogP contribution in [0.3, 0.4) is 0 Å². The number of benzene rings is 1. The molecule has 1 unspecified atom stereocenters. The highest BCUT2D eigenvalue weighted by Crippen LogP contribution is 2.28. The van der Waals surface area contributed by atoms with Gasteiger partial charge in [-0.3, -0.25) is 9.69 Å². The Bertz CT molecular complexity index is 840. The van der Waals surface area contributed by atoms with Crippen molar-refractivity contribution in [2.45, 2.75) is 13.0 Å². The Morgan fingerprint density at radius 3 is 2.69 bits per heavy atom. The van der Waals surface area contributed by atoms with Crippen LogP contribution in [0.15, 0.2) is 30.3 Å². The van der Waals surface area contributed by atoms with Crippen LogP contribution in [0.5, 0.6) is 5.75 Å². The Kier molecular flexibility index (Phi) is 4.24. The monoisotopic (exact) mass is 353 g/mol. The molecule has 1 aromatic heterocycles. The van der Waals surface area contributed by atoms with Crippen LogP contribution in [0.1, 0.15) is 5.69 Å². The molecule has 2 aliphatic heterocycles. The van der Waals surface area contributed by atoms with E-state index in [4.69, 9.17) is 0 Å². The number of anilines is 1. The van der Waals surface area contributed by atoms with Gasteiger partial charge in [0.1, 0.15) is 17.6 Å². The number of phenolic OH excluding ortho intramolecular Hbond substituents is 1. The van der Waals surface area contributed by atoms with Crippen LogP contribution in [0.25, 0.3) is 11.4 Å². The van der Waals surface area contributed by atoms with Crippen LogP contribution in [-0.2, 0) is 4.79 Å². The summed E-state index contributed by atoms with van der Waals surface area (Å²) in [5.74, 6) is 1.65. The maximum absolute atomic E-state index is 12.5.